The lowest BCUT2D eigenvalue weighted by Crippen LogP contribution is -2.39. The summed E-state index contributed by atoms with van der Waals surface area (Å²) in [5.41, 5.74) is 7.20. The molecular weight excluding hydrogens is 414 g/mol. The van der Waals surface area contributed by atoms with Crippen LogP contribution in [0.2, 0.25) is 5.02 Å². The molecule has 1 saturated carbocycles. The van der Waals surface area contributed by atoms with Crippen LogP contribution in [0.1, 0.15) is 51.4 Å². The molecule has 4 rings (SSSR count). The van der Waals surface area contributed by atoms with Crippen molar-refractivity contribution in [2.24, 2.45) is 22.7 Å². The van der Waals surface area contributed by atoms with Crippen LogP contribution in [0.25, 0.3) is 10.9 Å². The van der Waals surface area contributed by atoms with Gasteiger partial charge in [-0.2, -0.15) is 0 Å². The maximum Gasteiger partial charge on any atom is 0.224 e. The number of aromatic nitrogens is 1. The molecule has 4 N–H and O–H groups in total. The minimum absolute atomic E-state index is 0.0237. The quantitative estimate of drug-likeness (QED) is 0.267. The Morgan fingerprint density at radius 3 is 2.61 bits per heavy atom. The molecular formula is C23H30ClN5O2. The number of hydrogen-bond acceptors (Lipinski definition) is 5. The van der Waals surface area contributed by atoms with E-state index in [9.17, 15) is 4.79 Å². The first-order valence-electron chi connectivity index (χ1n) is 11.2. The summed E-state index contributed by atoms with van der Waals surface area (Å²) in [6, 6.07) is 7.64. The summed E-state index contributed by atoms with van der Waals surface area (Å²) < 4.78 is 0. The van der Waals surface area contributed by atoms with Crippen LogP contribution in [0.4, 0.5) is 11.5 Å². The van der Waals surface area contributed by atoms with Crippen LogP contribution >= 0.6 is 11.6 Å². The smallest absolute Gasteiger partial charge is 0.224 e. The first-order chi connectivity index (χ1) is 15.0. The van der Waals surface area contributed by atoms with Gasteiger partial charge in [-0.05, 0) is 55.9 Å². The van der Waals surface area contributed by atoms with Crippen molar-refractivity contribution >= 4 is 45.8 Å². The second kappa shape index (κ2) is 9.73. The fraction of sp³-hybridized carbons (Fsp3) is 0.522. The number of fused-ring (bicyclic) bond motifs is 1. The Morgan fingerprint density at radius 1 is 1.16 bits per heavy atom. The molecule has 0 bridgehead atoms. The molecule has 1 aromatic heterocycles. The van der Waals surface area contributed by atoms with Crippen molar-refractivity contribution in [2.45, 2.75) is 51.4 Å². The van der Waals surface area contributed by atoms with Crippen molar-refractivity contribution in [2.75, 3.05) is 23.3 Å². The van der Waals surface area contributed by atoms with Crippen LogP contribution in [0.5, 0.6) is 0 Å². The summed E-state index contributed by atoms with van der Waals surface area (Å²) in [7, 11) is 0. The summed E-state index contributed by atoms with van der Waals surface area (Å²) in [6.45, 7) is 1.58. The van der Waals surface area contributed by atoms with Gasteiger partial charge in [0.2, 0.25) is 5.91 Å². The Kier molecular flexibility index (Phi) is 6.80. The fourth-order valence-corrected chi connectivity index (χ4v) is 5.01. The monoisotopic (exact) mass is 443 g/mol. The highest BCUT2D eigenvalue weighted by Crippen LogP contribution is 2.33. The molecule has 0 unspecified atom stereocenters. The Balaban J connectivity index is 1.48. The largest absolute Gasteiger partial charge is 0.409 e. The van der Waals surface area contributed by atoms with E-state index >= 15 is 0 Å². The third-order valence-corrected chi connectivity index (χ3v) is 6.94. The van der Waals surface area contributed by atoms with Crippen molar-refractivity contribution in [3.05, 3.63) is 29.3 Å². The van der Waals surface area contributed by atoms with Crippen LogP contribution in [0.3, 0.4) is 0 Å². The van der Waals surface area contributed by atoms with E-state index in [4.69, 9.17) is 27.5 Å². The Hall–Kier alpha value is -2.54. The lowest BCUT2D eigenvalue weighted by atomic mass is 9.87. The van der Waals surface area contributed by atoms with Crippen LogP contribution in [0, 0.1) is 11.8 Å². The number of carbonyl (C=O) groups is 1. The Labute approximate surface area is 187 Å². The average Bonchev–Trinajstić information content (AvgIpc) is 2.81. The SMILES string of the molecule is NC(=NO)C1CCN(c2ccc3c(NC(=O)CC4CCCCC4)c(Cl)ccc3n2)CC1. The zero-order valence-corrected chi connectivity index (χ0v) is 18.4. The zero-order chi connectivity index (χ0) is 21.8. The molecule has 8 heteroatoms. The van der Waals surface area contributed by atoms with E-state index in [2.05, 4.69) is 15.4 Å². The molecule has 1 saturated heterocycles. The topological polar surface area (TPSA) is 104 Å². The second-order valence-corrected chi connectivity index (χ2v) is 9.11. The third-order valence-electron chi connectivity index (χ3n) is 6.62. The number of nitrogens with zero attached hydrogens (tertiary/aromatic N) is 3. The van der Waals surface area contributed by atoms with E-state index < -0.39 is 0 Å². The van der Waals surface area contributed by atoms with E-state index in [0.717, 1.165) is 55.5 Å². The van der Waals surface area contributed by atoms with E-state index in [1.807, 2.05) is 18.2 Å². The van der Waals surface area contributed by atoms with Gasteiger partial charge in [0.05, 0.1) is 16.2 Å². The maximum absolute atomic E-state index is 12.7. The summed E-state index contributed by atoms with van der Waals surface area (Å²) >= 11 is 6.44. The van der Waals surface area contributed by atoms with Gasteiger partial charge in [-0.25, -0.2) is 4.98 Å². The minimum Gasteiger partial charge on any atom is -0.409 e. The second-order valence-electron chi connectivity index (χ2n) is 8.70. The van der Waals surface area contributed by atoms with Gasteiger partial charge in [0.25, 0.3) is 0 Å². The van der Waals surface area contributed by atoms with Crippen molar-refractivity contribution in [1.29, 1.82) is 0 Å². The molecule has 0 spiro atoms. The highest BCUT2D eigenvalue weighted by molar-refractivity contribution is 6.35. The number of rotatable bonds is 5. The molecule has 2 aliphatic rings. The van der Waals surface area contributed by atoms with Crippen LogP contribution in [-0.2, 0) is 4.79 Å². The predicted molar refractivity (Wildman–Crippen MR) is 125 cm³/mol. The number of amidine groups is 1. The molecule has 2 heterocycles. The number of hydrogen-bond donors (Lipinski definition) is 3. The number of nitrogens with two attached hydrogens (primary N) is 1. The molecule has 0 atom stereocenters. The van der Waals surface area contributed by atoms with Gasteiger partial charge in [-0.3, -0.25) is 4.79 Å². The van der Waals surface area contributed by atoms with Crippen molar-refractivity contribution in [1.82, 2.24) is 4.98 Å². The van der Waals surface area contributed by atoms with Gasteiger partial charge < -0.3 is 21.2 Å². The first kappa shape index (κ1) is 21.7. The van der Waals surface area contributed by atoms with Gasteiger partial charge in [0.1, 0.15) is 11.7 Å². The van der Waals surface area contributed by atoms with Gasteiger partial charge >= 0.3 is 0 Å². The molecule has 0 radical (unpaired) electrons. The number of anilines is 2. The Bertz CT molecular complexity index is 966. The summed E-state index contributed by atoms with van der Waals surface area (Å²) in [6.07, 6.45) is 8.17. The number of benzene rings is 1. The lowest BCUT2D eigenvalue weighted by molar-refractivity contribution is -0.117. The molecule has 1 aromatic carbocycles. The van der Waals surface area contributed by atoms with Crippen LogP contribution in [0.15, 0.2) is 29.4 Å². The number of piperidine rings is 1. The van der Waals surface area contributed by atoms with Crippen LogP contribution in [-0.4, -0.2) is 35.0 Å². The third kappa shape index (κ3) is 5.03. The molecule has 2 aromatic rings. The summed E-state index contributed by atoms with van der Waals surface area (Å²) in [5, 5.41) is 16.5. The Morgan fingerprint density at radius 2 is 1.90 bits per heavy atom. The molecule has 7 nitrogen and oxygen atoms in total. The lowest BCUT2D eigenvalue weighted by Gasteiger charge is -2.32. The standard InChI is InChI=1S/C23H30ClN5O2/c24-18-7-8-19-17(22(18)27-21(30)14-15-4-2-1-3-5-15)6-9-20(26-19)29-12-10-16(11-13-29)23(25)28-31/h6-9,15-16,31H,1-5,10-14H2,(H2,25,28)(H,27,30). The van der Waals surface area contributed by atoms with Crippen LogP contribution < -0.4 is 16.0 Å². The first-order valence-corrected chi connectivity index (χ1v) is 11.5. The normalized spacial score (nSPS) is 19.0. The predicted octanol–water partition coefficient (Wildman–Crippen LogP) is 4.76. The average molecular weight is 444 g/mol. The molecule has 1 aliphatic heterocycles. The molecule has 2 fully saturated rings. The van der Waals surface area contributed by atoms with Crippen molar-refractivity contribution < 1.29 is 10.0 Å². The van der Waals surface area contributed by atoms with Crippen molar-refractivity contribution in [3.63, 3.8) is 0 Å². The van der Waals surface area contributed by atoms with E-state index in [-0.39, 0.29) is 11.8 Å². The highest BCUT2D eigenvalue weighted by atomic mass is 35.5. The van der Waals surface area contributed by atoms with E-state index in [0.29, 0.717) is 28.9 Å². The molecule has 1 aliphatic carbocycles. The summed E-state index contributed by atoms with van der Waals surface area (Å²) in [5.74, 6) is 1.78. The van der Waals surface area contributed by atoms with Gasteiger partial charge in [0, 0.05) is 30.8 Å². The van der Waals surface area contributed by atoms with Gasteiger partial charge in [-0.15, -0.1) is 0 Å². The van der Waals surface area contributed by atoms with E-state index in [1.54, 1.807) is 6.07 Å². The van der Waals surface area contributed by atoms with Gasteiger partial charge in [0.15, 0.2) is 0 Å². The number of carbonyl (C=O) groups excluding carboxylic acids is 1. The number of oxime groups is 1. The molecule has 1 amide bonds. The zero-order valence-electron chi connectivity index (χ0n) is 17.7. The maximum atomic E-state index is 12.7. The highest BCUT2D eigenvalue weighted by Gasteiger charge is 2.24. The number of halogens is 1. The molecule has 166 valence electrons. The van der Waals surface area contributed by atoms with Gasteiger partial charge in [-0.1, -0.05) is 36.0 Å². The fourth-order valence-electron chi connectivity index (χ4n) is 4.80. The number of amides is 1. The number of nitrogens with one attached hydrogen (secondary N) is 1. The van der Waals surface area contributed by atoms with Crippen molar-refractivity contribution in [3.8, 4) is 0 Å². The summed E-state index contributed by atoms with van der Waals surface area (Å²) in [4.78, 5) is 19.7. The minimum atomic E-state index is 0.0237. The number of pyridine rings is 1. The molecule has 31 heavy (non-hydrogen) atoms. The van der Waals surface area contributed by atoms with E-state index in [1.165, 1.54) is 19.3 Å².